The van der Waals surface area contributed by atoms with Crippen LogP contribution in [0.4, 0.5) is 17.1 Å². The Kier molecular flexibility index (Phi) is 20.6. The first-order valence-corrected chi connectivity index (χ1v) is 41.7. The minimum atomic E-state index is -0.778. The van der Waals surface area contributed by atoms with E-state index in [1.807, 2.05) is 44.2 Å². The van der Waals surface area contributed by atoms with Crippen molar-refractivity contribution >= 4 is 134 Å². The predicted molar refractivity (Wildman–Crippen MR) is 435 cm³/mol. The van der Waals surface area contributed by atoms with E-state index in [9.17, 15) is 24.0 Å². The number of likely N-dealkylation sites (tertiary alicyclic amines) is 5. The third-order valence-corrected chi connectivity index (χ3v) is 27.3. The number of hydrogen-bond donors (Lipinski definition) is 3. The number of imidazole rings is 3. The van der Waals surface area contributed by atoms with Crippen molar-refractivity contribution in [3.8, 4) is 0 Å². The highest BCUT2D eigenvalue weighted by Gasteiger charge is 2.44. The molecule has 5 saturated heterocycles. The van der Waals surface area contributed by atoms with Crippen molar-refractivity contribution in [3.63, 3.8) is 0 Å². The lowest BCUT2D eigenvalue weighted by molar-refractivity contribution is -0.147. The molecule has 4 unspecified atom stereocenters. The number of rotatable bonds is 16. The molecule has 0 spiro atoms. The van der Waals surface area contributed by atoms with Crippen LogP contribution in [0.3, 0.4) is 0 Å². The maximum absolute atomic E-state index is 15.2. The summed E-state index contributed by atoms with van der Waals surface area (Å²) in [5, 5.41) is 12.0. The maximum atomic E-state index is 15.2. The van der Waals surface area contributed by atoms with Crippen molar-refractivity contribution in [1.82, 2.24) is 72.5 Å². The van der Waals surface area contributed by atoms with Gasteiger partial charge in [-0.15, -0.1) is 34.0 Å². The van der Waals surface area contributed by atoms with Gasteiger partial charge in [0.05, 0.1) is 63.8 Å². The molecule has 17 rings (SSSR count). The lowest BCUT2D eigenvalue weighted by Gasteiger charge is -2.44. The molecule has 111 heavy (non-hydrogen) atoms. The summed E-state index contributed by atoms with van der Waals surface area (Å²) in [6.45, 7) is 15.8. The van der Waals surface area contributed by atoms with Crippen molar-refractivity contribution < 1.29 is 28.8 Å². The number of carbonyl (C=O) groups excluding carboxylic acids is 6. The van der Waals surface area contributed by atoms with Crippen LogP contribution in [0.25, 0.3) is 47.6 Å². The lowest BCUT2D eigenvalue weighted by Crippen LogP contribution is -2.49. The maximum Gasteiger partial charge on any atom is 0.313 e. The van der Waals surface area contributed by atoms with Crippen molar-refractivity contribution in [1.29, 1.82) is 0 Å². The van der Waals surface area contributed by atoms with Gasteiger partial charge in [-0.25, -0.2) is 29.9 Å². The van der Waals surface area contributed by atoms with Gasteiger partial charge in [0.2, 0.25) is 0 Å². The van der Waals surface area contributed by atoms with Crippen LogP contribution in [0.1, 0.15) is 158 Å². The Bertz CT molecular complexity index is 5560. The molecule has 5 fully saturated rings. The number of amides is 6. The van der Waals surface area contributed by atoms with E-state index in [0.29, 0.717) is 78.8 Å². The molecule has 0 radical (unpaired) electrons. The summed E-state index contributed by atoms with van der Waals surface area (Å²) in [5.74, 6) is -3.70. The monoisotopic (exact) mass is 1550 g/mol. The van der Waals surface area contributed by atoms with Gasteiger partial charge in [0.25, 0.3) is 0 Å². The molecular formula is C84H94N18O6S3. The predicted octanol–water partition coefficient (Wildman–Crippen LogP) is 13.2. The number of fused-ring (bicyclic) bond motifs is 6. The summed E-state index contributed by atoms with van der Waals surface area (Å²) in [6.07, 6.45) is 21.7. The van der Waals surface area contributed by atoms with E-state index in [1.165, 1.54) is 12.8 Å². The second-order valence-electron chi connectivity index (χ2n) is 32.3. The van der Waals surface area contributed by atoms with Gasteiger partial charge in [-0.1, -0.05) is 45.9 Å². The van der Waals surface area contributed by atoms with Crippen LogP contribution in [0.5, 0.6) is 0 Å². The molecule has 24 nitrogen and oxygen atoms in total. The van der Waals surface area contributed by atoms with Crippen LogP contribution >= 0.6 is 34.0 Å². The van der Waals surface area contributed by atoms with Crippen molar-refractivity contribution in [3.05, 3.63) is 177 Å². The van der Waals surface area contributed by atoms with Gasteiger partial charge in [0.1, 0.15) is 16.9 Å². The fourth-order valence-corrected chi connectivity index (χ4v) is 20.9. The minimum absolute atomic E-state index is 0.0164. The molecule has 12 aromatic rings. The van der Waals surface area contributed by atoms with Crippen molar-refractivity contribution in [2.24, 2.45) is 23.7 Å². The largest absolute Gasteiger partial charge is 0.327 e. The summed E-state index contributed by atoms with van der Waals surface area (Å²) in [4.78, 5) is 130. The molecular weight excluding hydrogens is 1450 g/mol. The summed E-state index contributed by atoms with van der Waals surface area (Å²) < 4.78 is 9.07. The summed E-state index contributed by atoms with van der Waals surface area (Å²) >= 11 is 5.13. The topological polar surface area (TPSA) is 249 Å². The van der Waals surface area contributed by atoms with E-state index < -0.39 is 47.5 Å². The van der Waals surface area contributed by atoms with Gasteiger partial charge < -0.3 is 58.6 Å². The van der Waals surface area contributed by atoms with E-state index in [1.54, 1.807) is 97.5 Å². The molecule has 9 aromatic heterocycles. The first-order valence-electron chi connectivity index (χ1n) is 39.2. The Morgan fingerprint density at radius 1 is 0.568 bits per heavy atom. The highest BCUT2D eigenvalue weighted by molar-refractivity contribution is 7.19. The average Bonchev–Trinajstić information content (AvgIpc) is 1.71. The molecule has 5 aliphatic heterocycles. The van der Waals surface area contributed by atoms with Crippen molar-refractivity contribution in [2.45, 2.75) is 128 Å². The van der Waals surface area contributed by atoms with E-state index in [4.69, 9.17) is 24.9 Å². The molecule has 10 atom stereocenters. The summed E-state index contributed by atoms with van der Waals surface area (Å²) in [5.41, 5.74) is 10.2. The van der Waals surface area contributed by atoms with Gasteiger partial charge in [-0.3, -0.25) is 28.8 Å². The molecule has 3 aromatic carbocycles. The first-order chi connectivity index (χ1) is 53.7. The number of piperidine rings is 4. The fraction of sp³-hybridized carbons (Fsp3) is 0.429. The molecule has 27 heteroatoms. The molecule has 3 N–H and O–H groups in total. The highest BCUT2D eigenvalue weighted by Crippen LogP contribution is 2.47. The van der Waals surface area contributed by atoms with Crippen LogP contribution in [0.2, 0.25) is 0 Å². The zero-order chi connectivity index (χ0) is 76.5. The van der Waals surface area contributed by atoms with Crippen LogP contribution in [0.15, 0.2) is 134 Å². The molecule has 0 aliphatic carbocycles. The van der Waals surface area contributed by atoms with Crippen LogP contribution in [-0.2, 0) is 41.6 Å². The fourth-order valence-electron chi connectivity index (χ4n) is 17.9. The minimum Gasteiger partial charge on any atom is -0.327 e. The molecule has 0 saturated carbocycles. The van der Waals surface area contributed by atoms with E-state index >= 15 is 4.79 Å². The molecule has 0 bridgehead atoms. The average molecular weight is 1550 g/mol. The number of nitrogens with one attached hydrogen (secondary N) is 3. The van der Waals surface area contributed by atoms with Gasteiger partial charge in [-0.2, -0.15) is 0 Å². The van der Waals surface area contributed by atoms with E-state index in [0.717, 1.165) is 145 Å². The zero-order valence-corrected chi connectivity index (χ0v) is 66.2. The van der Waals surface area contributed by atoms with E-state index in [2.05, 4.69) is 139 Å². The number of anilines is 3. The number of hydrogen-bond acceptors (Lipinski definition) is 18. The highest BCUT2D eigenvalue weighted by atomic mass is 32.1. The normalized spacial score (nSPS) is 22.6. The third kappa shape index (κ3) is 15.3. The number of carbonyl (C=O) groups is 6. The van der Waals surface area contributed by atoms with E-state index in [-0.39, 0.29) is 41.5 Å². The lowest BCUT2D eigenvalue weighted by atomic mass is 9.78. The molecule has 14 heterocycles. The van der Waals surface area contributed by atoms with Crippen LogP contribution < -0.4 is 16.0 Å². The molecule has 6 amide bonds. The quantitative estimate of drug-likeness (QED) is 0.0761. The van der Waals surface area contributed by atoms with Crippen LogP contribution in [0, 0.1) is 23.7 Å². The molecule has 5 aliphatic rings. The number of aromatic nitrogens is 9. The second-order valence-corrected chi connectivity index (χ2v) is 35.5. The molecule has 574 valence electrons. The Morgan fingerprint density at radius 2 is 1.18 bits per heavy atom. The number of likely N-dealkylation sites (N-methyl/N-ethyl adjacent to an activating group) is 2. The third-order valence-electron chi connectivity index (χ3n) is 23.7. The summed E-state index contributed by atoms with van der Waals surface area (Å²) in [7, 11) is 6.28. The number of nitrogens with zero attached hydrogens (tertiary/aromatic N) is 15. The standard InChI is InChI=1S/C84H94N18O6S3/c1-49-12-16-66(53-13-17-69-63(35-53)91-75(109-69)23-28-94(5)6)100(44-49)82(106)77(103)89-59-21-30-98-61(42-86-73(98)40-59)34-57-38-67(54-14-18-71-64(36-54)93-81(111-71)56-11-10-25-95(7)48-56)101(47-51(57)3)83(107)78(104)90-60-22-31-99-68(43-87-74(99)41-60)62-33-50(2)45-102(84(108)79(105)88-58-20-29-97-32-24-85-72(97)39-58)76(62)55-15-19-70-65(37-55)92-80(110-70)52(4)46-96-26-8-9-27-96/h13-15,17-22,24,29-32,35-37,39-43,49-52,56-57,62,66-67,76H,8-12,16,23,25-28,33-34,38,44-48H2,1-7H3,(H,88,105)(H,89,103)(H,90,104)/t49-,50-,51+,52?,56?,57?,62?,66+,67+,76-/m0/s1. The smallest absolute Gasteiger partial charge is 0.313 e. The zero-order valence-electron chi connectivity index (χ0n) is 63.8. The SMILES string of the molecule is CC(CN1CCCC1)c1nc2cc([C@H]3C(c4cnc5cc(NC(=O)C(=O)N6C[C@@H](C)C(Cc7cnc8cc(NC(=O)C(=O)N9C[C@@H](C)CC[C@@H]9c9ccc%10sc(CCN(C)C)nc%10c9)ccn78)C[C@@H]6c6ccc7sc(C8CCCN(C)C8)nc7c6)ccn45)C[C@H](C)CN3C(=O)C(=O)Nc3ccn4ccnc4c3)ccc2s1. The van der Waals surface area contributed by atoms with Gasteiger partial charge in [-0.05, 0) is 194 Å². The van der Waals surface area contributed by atoms with Gasteiger partial charge in [0, 0.05) is 153 Å². The van der Waals surface area contributed by atoms with Gasteiger partial charge in [0.15, 0.2) is 0 Å². The Hall–Kier alpha value is -9.90. The van der Waals surface area contributed by atoms with Crippen molar-refractivity contribution in [2.75, 3.05) is 96.0 Å². The summed E-state index contributed by atoms with van der Waals surface area (Å²) in [6, 6.07) is 28.1. The Morgan fingerprint density at radius 3 is 1.91 bits per heavy atom. The van der Waals surface area contributed by atoms with Crippen LogP contribution in [-0.4, -0.2) is 188 Å². The number of pyridine rings is 3. The number of thiazole rings is 3. The first kappa shape index (κ1) is 73.9. The Balaban J connectivity index is 0.615. The Labute approximate surface area is 656 Å². The van der Waals surface area contributed by atoms with Gasteiger partial charge >= 0.3 is 35.4 Å². The number of benzene rings is 3. The second kappa shape index (κ2) is 31.0.